The Labute approximate surface area is 167 Å². The fourth-order valence-corrected chi connectivity index (χ4v) is 3.19. The van der Waals surface area contributed by atoms with Crippen LogP contribution in [-0.2, 0) is 11.8 Å². The largest absolute Gasteiger partial charge is 0.494 e. The number of halogens is 1. The smallest absolute Gasteiger partial charge is 0.220 e. The summed E-state index contributed by atoms with van der Waals surface area (Å²) in [5.41, 5.74) is 1.01. The molecule has 1 amide bonds. The number of aromatic nitrogens is 2. The molecule has 1 unspecified atom stereocenters. The molecule has 0 radical (unpaired) electrons. The fraction of sp³-hybridized carbons (Fsp3) is 0.238. The van der Waals surface area contributed by atoms with Crippen LogP contribution in [0.3, 0.4) is 0 Å². The normalized spacial score (nSPS) is 11.8. The Bertz CT molecular complexity index is 880. The van der Waals surface area contributed by atoms with Gasteiger partial charge in [0, 0.05) is 30.3 Å². The van der Waals surface area contributed by atoms with Crippen LogP contribution in [0.15, 0.2) is 71.5 Å². The molecule has 1 atom stereocenters. The Morgan fingerprint density at radius 3 is 2.74 bits per heavy atom. The highest BCUT2D eigenvalue weighted by molar-refractivity contribution is 9.10. The maximum Gasteiger partial charge on any atom is 0.220 e. The van der Waals surface area contributed by atoms with Crippen molar-refractivity contribution < 1.29 is 9.53 Å². The Morgan fingerprint density at radius 1 is 1.22 bits per heavy atom. The molecule has 3 aromatic rings. The van der Waals surface area contributed by atoms with Gasteiger partial charge in [-0.05, 0) is 30.2 Å². The van der Waals surface area contributed by atoms with Gasteiger partial charge in [0.1, 0.15) is 17.6 Å². The summed E-state index contributed by atoms with van der Waals surface area (Å²) in [6.45, 7) is 0.488. The highest BCUT2D eigenvalue weighted by Gasteiger charge is 2.20. The first-order valence-electron chi connectivity index (χ1n) is 8.83. The number of ether oxygens (including phenoxy) is 1. The fourth-order valence-electron chi connectivity index (χ4n) is 2.81. The molecule has 0 aliphatic carbocycles. The van der Waals surface area contributed by atoms with E-state index in [9.17, 15) is 4.79 Å². The van der Waals surface area contributed by atoms with Crippen LogP contribution >= 0.6 is 15.9 Å². The number of imidazole rings is 1. The van der Waals surface area contributed by atoms with E-state index < -0.39 is 0 Å². The first-order chi connectivity index (χ1) is 13.1. The molecule has 5 nitrogen and oxygen atoms in total. The summed E-state index contributed by atoms with van der Waals surface area (Å²) in [6, 6.07) is 17.3. The first-order valence-corrected chi connectivity index (χ1v) is 9.62. The SMILES string of the molecule is Cn1ccnc1C(NC(=O)CCCOc1cccc(Br)c1)c1ccccc1. The van der Waals surface area contributed by atoms with Crippen molar-refractivity contribution in [3.63, 3.8) is 0 Å². The van der Waals surface area contributed by atoms with Crippen molar-refractivity contribution in [3.05, 3.63) is 82.9 Å². The van der Waals surface area contributed by atoms with Crippen molar-refractivity contribution in [3.8, 4) is 5.75 Å². The lowest BCUT2D eigenvalue weighted by Crippen LogP contribution is -2.31. The van der Waals surface area contributed by atoms with E-state index >= 15 is 0 Å². The number of nitrogens with one attached hydrogen (secondary N) is 1. The van der Waals surface area contributed by atoms with Crippen molar-refractivity contribution in [2.24, 2.45) is 7.05 Å². The van der Waals surface area contributed by atoms with Crippen LogP contribution in [0.2, 0.25) is 0 Å². The summed E-state index contributed by atoms with van der Waals surface area (Å²) in [5.74, 6) is 1.57. The quantitative estimate of drug-likeness (QED) is 0.546. The molecule has 1 N–H and O–H groups in total. The second kappa shape index (κ2) is 9.37. The molecule has 3 rings (SSSR count). The van der Waals surface area contributed by atoms with Crippen molar-refractivity contribution in [2.45, 2.75) is 18.9 Å². The van der Waals surface area contributed by atoms with E-state index in [2.05, 4.69) is 26.2 Å². The first kappa shape index (κ1) is 19.2. The number of amides is 1. The zero-order valence-corrected chi connectivity index (χ0v) is 16.7. The minimum absolute atomic E-state index is 0.0234. The predicted octanol–water partition coefficient (Wildman–Crippen LogP) is 4.25. The van der Waals surface area contributed by atoms with Gasteiger partial charge < -0.3 is 14.6 Å². The molecule has 6 heteroatoms. The summed E-state index contributed by atoms with van der Waals surface area (Å²) < 4.78 is 8.59. The minimum atomic E-state index is -0.273. The van der Waals surface area contributed by atoms with Gasteiger partial charge in [0.05, 0.1) is 6.61 Å². The molecule has 0 saturated carbocycles. The van der Waals surface area contributed by atoms with E-state index in [1.165, 1.54) is 0 Å². The number of aryl methyl sites for hydroxylation is 1. The van der Waals surface area contributed by atoms with E-state index in [1.54, 1.807) is 6.20 Å². The van der Waals surface area contributed by atoms with Crippen LogP contribution in [0.25, 0.3) is 0 Å². The highest BCUT2D eigenvalue weighted by atomic mass is 79.9. The Kier molecular flexibility index (Phi) is 6.65. The van der Waals surface area contributed by atoms with Gasteiger partial charge in [0.25, 0.3) is 0 Å². The van der Waals surface area contributed by atoms with Gasteiger partial charge in [-0.2, -0.15) is 0 Å². The van der Waals surface area contributed by atoms with Gasteiger partial charge in [-0.3, -0.25) is 4.79 Å². The summed E-state index contributed by atoms with van der Waals surface area (Å²) in [6.07, 6.45) is 4.65. The van der Waals surface area contributed by atoms with Gasteiger partial charge in [-0.1, -0.05) is 52.3 Å². The Balaban J connectivity index is 1.56. The van der Waals surface area contributed by atoms with Crippen LogP contribution in [0.1, 0.15) is 30.3 Å². The molecular formula is C21H22BrN3O2. The zero-order chi connectivity index (χ0) is 19.1. The van der Waals surface area contributed by atoms with E-state index in [4.69, 9.17) is 4.74 Å². The molecular weight excluding hydrogens is 406 g/mol. The average Bonchev–Trinajstić information content (AvgIpc) is 3.10. The topological polar surface area (TPSA) is 56.2 Å². The number of hydrogen-bond donors (Lipinski definition) is 1. The summed E-state index contributed by atoms with van der Waals surface area (Å²) in [5, 5.41) is 3.10. The average molecular weight is 428 g/mol. The van der Waals surface area contributed by atoms with Gasteiger partial charge >= 0.3 is 0 Å². The van der Waals surface area contributed by atoms with E-state index in [1.807, 2.05) is 72.4 Å². The van der Waals surface area contributed by atoms with Crippen LogP contribution < -0.4 is 10.1 Å². The van der Waals surface area contributed by atoms with Gasteiger partial charge in [-0.15, -0.1) is 0 Å². The summed E-state index contributed by atoms with van der Waals surface area (Å²) >= 11 is 3.42. The molecule has 0 aliphatic heterocycles. The van der Waals surface area contributed by atoms with E-state index in [0.717, 1.165) is 21.6 Å². The lowest BCUT2D eigenvalue weighted by Gasteiger charge is -2.19. The number of carbonyl (C=O) groups excluding carboxylic acids is 1. The van der Waals surface area contributed by atoms with Crippen molar-refractivity contribution in [1.82, 2.24) is 14.9 Å². The molecule has 0 aliphatic rings. The number of rotatable bonds is 8. The number of nitrogens with zero attached hydrogens (tertiary/aromatic N) is 2. The van der Waals surface area contributed by atoms with Crippen molar-refractivity contribution >= 4 is 21.8 Å². The van der Waals surface area contributed by atoms with Gasteiger partial charge in [0.2, 0.25) is 5.91 Å². The van der Waals surface area contributed by atoms with Crippen LogP contribution in [0.4, 0.5) is 0 Å². The molecule has 0 bridgehead atoms. The molecule has 1 heterocycles. The Hall–Kier alpha value is -2.60. The maximum absolute atomic E-state index is 12.5. The molecule has 140 valence electrons. The third-order valence-electron chi connectivity index (χ3n) is 4.17. The molecule has 0 saturated heterocycles. The van der Waals surface area contributed by atoms with Crippen LogP contribution in [0, 0.1) is 0 Å². The maximum atomic E-state index is 12.5. The second-order valence-electron chi connectivity index (χ2n) is 6.22. The van der Waals surface area contributed by atoms with Crippen molar-refractivity contribution in [2.75, 3.05) is 6.61 Å². The van der Waals surface area contributed by atoms with E-state index in [-0.39, 0.29) is 11.9 Å². The molecule has 1 aromatic heterocycles. The molecule has 0 spiro atoms. The number of benzene rings is 2. The minimum Gasteiger partial charge on any atom is -0.494 e. The third kappa shape index (κ3) is 5.44. The monoisotopic (exact) mass is 427 g/mol. The van der Waals surface area contributed by atoms with Crippen molar-refractivity contribution in [1.29, 1.82) is 0 Å². The lowest BCUT2D eigenvalue weighted by molar-refractivity contribution is -0.121. The van der Waals surface area contributed by atoms with Gasteiger partial charge in [0.15, 0.2) is 0 Å². The summed E-state index contributed by atoms with van der Waals surface area (Å²) in [7, 11) is 1.93. The standard InChI is InChI=1S/C21H22BrN3O2/c1-25-13-12-23-21(25)20(16-7-3-2-4-8-16)24-19(26)11-6-14-27-18-10-5-9-17(22)15-18/h2-5,7-10,12-13,15,20H,6,11,14H2,1H3,(H,24,26). The third-order valence-corrected chi connectivity index (χ3v) is 4.66. The number of hydrogen-bond acceptors (Lipinski definition) is 3. The molecule has 27 heavy (non-hydrogen) atoms. The lowest BCUT2D eigenvalue weighted by atomic mass is 10.1. The molecule has 2 aromatic carbocycles. The summed E-state index contributed by atoms with van der Waals surface area (Å²) in [4.78, 5) is 16.9. The second-order valence-corrected chi connectivity index (χ2v) is 7.13. The zero-order valence-electron chi connectivity index (χ0n) is 15.1. The Morgan fingerprint density at radius 2 is 2.04 bits per heavy atom. The predicted molar refractivity (Wildman–Crippen MR) is 109 cm³/mol. The van der Waals surface area contributed by atoms with Crippen LogP contribution in [0.5, 0.6) is 5.75 Å². The van der Waals surface area contributed by atoms with E-state index in [0.29, 0.717) is 19.4 Å². The highest BCUT2D eigenvalue weighted by Crippen LogP contribution is 2.21. The van der Waals surface area contributed by atoms with Crippen LogP contribution in [-0.4, -0.2) is 22.1 Å². The number of carbonyl (C=O) groups is 1. The van der Waals surface area contributed by atoms with Gasteiger partial charge in [-0.25, -0.2) is 4.98 Å². The molecule has 0 fully saturated rings.